The Kier molecular flexibility index (Phi) is 2.71. The van der Waals surface area contributed by atoms with Gasteiger partial charge >= 0.3 is 0 Å². The number of carbonyl (C=O) groups excluding carboxylic acids is 1. The molecule has 1 aliphatic heterocycles. The first-order chi connectivity index (χ1) is 7.95. The maximum absolute atomic E-state index is 12.0. The van der Waals surface area contributed by atoms with E-state index in [1.165, 1.54) is 12.1 Å². The molecule has 0 atom stereocenters. The number of hydrogen-bond donors (Lipinski definition) is 3. The molecule has 1 aromatic rings. The SMILES string of the molecule is CCC1(N)CN(C(=O)c2ccc(O)cc2O)C1. The van der Waals surface area contributed by atoms with Gasteiger partial charge < -0.3 is 20.8 Å². The summed E-state index contributed by atoms with van der Waals surface area (Å²) in [5, 5.41) is 18.7. The van der Waals surface area contributed by atoms with E-state index in [0.717, 1.165) is 12.5 Å². The second-order valence-electron chi connectivity index (χ2n) is 4.58. The van der Waals surface area contributed by atoms with Crippen molar-refractivity contribution in [3.63, 3.8) is 0 Å². The highest BCUT2D eigenvalue weighted by Gasteiger charge is 2.41. The predicted octanol–water partition coefficient (Wildman–Crippen LogP) is 0.661. The average molecular weight is 236 g/mol. The molecule has 1 heterocycles. The molecule has 92 valence electrons. The van der Waals surface area contributed by atoms with Gasteiger partial charge in [-0.2, -0.15) is 0 Å². The first-order valence-electron chi connectivity index (χ1n) is 5.55. The lowest BCUT2D eigenvalue weighted by Gasteiger charge is -2.47. The van der Waals surface area contributed by atoms with Gasteiger partial charge in [-0.05, 0) is 18.6 Å². The summed E-state index contributed by atoms with van der Waals surface area (Å²) in [6, 6.07) is 3.94. The molecule has 0 bridgehead atoms. The second kappa shape index (κ2) is 3.92. The molecule has 1 aromatic carbocycles. The van der Waals surface area contributed by atoms with Crippen LogP contribution in [0.2, 0.25) is 0 Å². The molecule has 1 saturated heterocycles. The summed E-state index contributed by atoms with van der Waals surface area (Å²) in [6.45, 7) is 2.99. The van der Waals surface area contributed by atoms with Gasteiger partial charge in [0.05, 0.1) is 11.1 Å². The molecule has 0 radical (unpaired) electrons. The molecule has 0 unspecified atom stereocenters. The number of hydrogen-bond acceptors (Lipinski definition) is 4. The summed E-state index contributed by atoms with van der Waals surface area (Å²) in [4.78, 5) is 13.6. The van der Waals surface area contributed by atoms with E-state index in [-0.39, 0.29) is 28.5 Å². The van der Waals surface area contributed by atoms with E-state index in [0.29, 0.717) is 13.1 Å². The van der Waals surface area contributed by atoms with Crippen LogP contribution in [0.5, 0.6) is 11.5 Å². The van der Waals surface area contributed by atoms with Crippen LogP contribution in [0.15, 0.2) is 18.2 Å². The van der Waals surface area contributed by atoms with Crippen LogP contribution in [0, 0.1) is 0 Å². The number of likely N-dealkylation sites (tertiary alicyclic amines) is 1. The van der Waals surface area contributed by atoms with E-state index in [1.54, 1.807) is 4.90 Å². The number of phenolic OH excluding ortho intramolecular Hbond substituents is 2. The van der Waals surface area contributed by atoms with E-state index >= 15 is 0 Å². The third kappa shape index (κ3) is 2.06. The van der Waals surface area contributed by atoms with E-state index < -0.39 is 0 Å². The summed E-state index contributed by atoms with van der Waals surface area (Å²) in [5.74, 6) is -0.526. The Morgan fingerprint density at radius 2 is 2.12 bits per heavy atom. The van der Waals surface area contributed by atoms with Crippen molar-refractivity contribution in [3.05, 3.63) is 23.8 Å². The molecule has 4 N–H and O–H groups in total. The number of benzene rings is 1. The quantitative estimate of drug-likeness (QED) is 0.704. The minimum atomic E-state index is -0.289. The first-order valence-corrected chi connectivity index (χ1v) is 5.55. The summed E-state index contributed by atoms with van der Waals surface area (Å²) < 4.78 is 0. The highest BCUT2D eigenvalue weighted by molar-refractivity contribution is 5.97. The fraction of sp³-hybridized carbons (Fsp3) is 0.417. The van der Waals surface area contributed by atoms with Crippen LogP contribution < -0.4 is 5.73 Å². The summed E-state index contributed by atoms with van der Waals surface area (Å²) in [5.41, 5.74) is 5.88. The van der Waals surface area contributed by atoms with Crippen molar-refractivity contribution in [2.75, 3.05) is 13.1 Å². The maximum Gasteiger partial charge on any atom is 0.257 e. The van der Waals surface area contributed by atoms with Crippen molar-refractivity contribution in [3.8, 4) is 11.5 Å². The van der Waals surface area contributed by atoms with Crippen LogP contribution >= 0.6 is 0 Å². The molecular formula is C12H16N2O3. The zero-order valence-electron chi connectivity index (χ0n) is 9.68. The summed E-state index contributed by atoms with van der Waals surface area (Å²) in [7, 11) is 0. The van der Waals surface area contributed by atoms with Gasteiger partial charge in [-0.1, -0.05) is 6.92 Å². The Morgan fingerprint density at radius 3 is 2.65 bits per heavy atom. The molecular weight excluding hydrogens is 220 g/mol. The second-order valence-corrected chi connectivity index (χ2v) is 4.58. The van der Waals surface area contributed by atoms with Crippen molar-refractivity contribution in [1.29, 1.82) is 0 Å². The Morgan fingerprint density at radius 1 is 1.47 bits per heavy atom. The Hall–Kier alpha value is -1.75. The standard InChI is InChI=1S/C12H16N2O3/c1-2-12(13)6-14(7-12)11(17)9-4-3-8(15)5-10(9)16/h3-5,15-16H,2,6-7,13H2,1H3. The molecule has 1 amide bonds. The topological polar surface area (TPSA) is 86.8 Å². The molecule has 5 heteroatoms. The number of nitrogens with zero attached hydrogens (tertiary/aromatic N) is 1. The first kappa shape index (κ1) is 11.7. The van der Waals surface area contributed by atoms with Crippen LogP contribution in [0.4, 0.5) is 0 Å². The molecule has 0 spiro atoms. The molecule has 1 aliphatic rings. The third-order valence-corrected chi connectivity index (χ3v) is 3.21. The van der Waals surface area contributed by atoms with Gasteiger partial charge in [0.1, 0.15) is 11.5 Å². The highest BCUT2D eigenvalue weighted by atomic mass is 16.3. The van der Waals surface area contributed by atoms with Crippen LogP contribution in [0.1, 0.15) is 23.7 Å². The average Bonchev–Trinajstić information content (AvgIpc) is 2.24. The monoisotopic (exact) mass is 236 g/mol. The highest BCUT2D eigenvalue weighted by Crippen LogP contribution is 2.28. The maximum atomic E-state index is 12.0. The van der Waals surface area contributed by atoms with Crippen molar-refractivity contribution >= 4 is 5.91 Å². The fourth-order valence-electron chi connectivity index (χ4n) is 1.95. The molecule has 0 saturated carbocycles. The Labute approximate surface area is 99.5 Å². The van der Waals surface area contributed by atoms with Crippen LogP contribution in [-0.4, -0.2) is 39.6 Å². The summed E-state index contributed by atoms with van der Waals surface area (Å²) in [6.07, 6.45) is 0.818. The summed E-state index contributed by atoms with van der Waals surface area (Å²) >= 11 is 0. The van der Waals surface area contributed by atoms with Crippen molar-refractivity contribution < 1.29 is 15.0 Å². The minimum absolute atomic E-state index is 0.0654. The van der Waals surface area contributed by atoms with Gasteiger partial charge in [-0.3, -0.25) is 4.79 Å². The van der Waals surface area contributed by atoms with E-state index in [1.807, 2.05) is 6.92 Å². The molecule has 1 fully saturated rings. The van der Waals surface area contributed by atoms with Gasteiger partial charge in [-0.25, -0.2) is 0 Å². The third-order valence-electron chi connectivity index (χ3n) is 3.21. The number of rotatable bonds is 2. The van der Waals surface area contributed by atoms with Crippen LogP contribution in [-0.2, 0) is 0 Å². The van der Waals surface area contributed by atoms with Gasteiger partial charge in [0.25, 0.3) is 5.91 Å². The Bertz CT molecular complexity index is 453. The van der Waals surface area contributed by atoms with Gasteiger partial charge in [0, 0.05) is 19.2 Å². The van der Waals surface area contributed by atoms with E-state index in [9.17, 15) is 9.90 Å². The van der Waals surface area contributed by atoms with Crippen LogP contribution in [0.25, 0.3) is 0 Å². The molecule has 2 rings (SSSR count). The predicted molar refractivity (Wildman–Crippen MR) is 62.9 cm³/mol. The zero-order chi connectivity index (χ0) is 12.6. The number of phenols is 2. The van der Waals surface area contributed by atoms with Crippen molar-refractivity contribution in [1.82, 2.24) is 4.90 Å². The molecule has 5 nitrogen and oxygen atoms in total. The van der Waals surface area contributed by atoms with Crippen molar-refractivity contribution in [2.24, 2.45) is 5.73 Å². The van der Waals surface area contributed by atoms with Crippen LogP contribution in [0.3, 0.4) is 0 Å². The van der Waals surface area contributed by atoms with Gasteiger partial charge in [0.2, 0.25) is 0 Å². The normalized spacial score (nSPS) is 17.6. The minimum Gasteiger partial charge on any atom is -0.508 e. The lowest BCUT2D eigenvalue weighted by atomic mass is 9.87. The van der Waals surface area contributed by atoms with Gasteiger partial charge in [0.15, 0.2) is 0 Å². The molecule has 0 aromatic heterocycles. The Balaban J connectivity index is 2.12. The fourth-order valence-corrected chi connectivity index (χ4v) is 1.95. The number of amides is 1. The van der Waals surface area contributed by atoms with E-state index in [2.05, 4.69) is 0 Å². The smallest absolute Gasteiger partial charge is 0.257 e. The molecule has 17 heavy (non-hydrogen) atoms. The zero-order valence-corrected chi connectivity index (χ0v) is 9.68. The van der Waals surface area contributed by atoms with Gasteiger partial charge in [-0.15, -0.1) is 0 Å². The number of aromatic hydroxyl groups is 2. The lowest BCUT2D eigenvalue weighted by Crippen LogP contribution is -2.68. The van der Waals surface area contributed by atoms with Crippen molar-refractivity contribution in [2.45, 2.75) is 18.9 Å². The van der Waals surface area contributed by atoms with E-state index in [4.69, 9.17) is 10.8 Å². The largest absolute Gasteiger partial charge is 0.508 e. The molecule has 0 aliphatic carbocycles. The lowest BCUT2D eigenvalue weighted by molar-refractivity contribution is 0.0398. The number of carbonyl (C=O) groups is 1. The number of nitrogens with two attached hydrogens (primary N) is 1.